The second kappa shape index (κ2) is 7.68. The maximum absolute atomic E-state index is 12.2. The molecule has 0 aliphatic rings. The van der Waals surface area contributed by atoms with Crippen molar-refractivity contribution >= 4 is 11.9 Å². The number of carbonyl (C=O) groups excluding carboxylic acids is 1. The van der Waals surface area contributed by atoms with Gasteiger partial charge < -0.3 is 0 Å². The summed E-state index contributed by atoms with van der Waals surface area (Å²) in [5.74, 6) is 0.0227. The molecule has 0 N–H and O–H groups in total. The fourth-order valence-electron chi connectivity index (χ4n) is 1.90. The average Bonchev–Trinajstić information content (AvgIpc) is 2.55. The lowest BCUT2D eigenvalue weighted by Gasteiger charge is -2.01. The summed E-state index contributed by atoms with van der Waals surface area (Å²) in [6, 6.07) is 16.7. The van der Waals surface area contributed by atoms with Gasteiger partial charge in [0.05, 0.1) is 0 Å². The van der Waals surface area contributed by atoms with Crippen LogP contribution in [-0.4, -0.2) is 12.3 Å². The van der Waals surface area contributed by atoms with Gasteiger partial charge >= 0.3 is 0 Å². The van der Waals surface area contributed by atoms with Crippen LogP contribution in [0.4, 0.5) is 0 Å². The molecule has 4 nitrogen and oxygen atoms in total. The van der Waals surface area contributed by atoms with Crippen molar-refractivity contribution in [1.29, 1.82) is 0 Å². The van der Waals surface area contributed by atoms with Gasteiger partial charge in [-0.3, -0.25) is 4.79 Å². The molecule has 0 saturated heterocycles. The van der Waals surface area contributed by atoms with Gasteiger partial charge in [-0.05, 0) is 17.5 Å². The molecule has 0 aromatic heterocycles. The summed E-state index contributed by atoms with van der Waals surface area (Å²) >= 11 is 0. The highest BCUT2D eigenvalue weighted by molar-refractivity contribution is 6.09. The van der Waals surface area contributed by atoms with E-state index in [0.29, 0.717) is 24.1 Å². The molecule has 2 aromatic carbocycles. The van der Waals surface area contributed by atoms with Crippen LogP contribution in [0.1, 0.15) is 27.9 Å². The Balaban J connectivity index is 2.02. The van der Waals surface area contributed by atoms with Crippen LogP contribution in [0.5, 0.6) is 0 Å². The SMILES string of the molecule is [N-]=[N+]=NCCC=Cc1ccc(C(=O)c2ccccc2)cc1. The topological polar surface area (TPSA) is 65.8 Å². The van der Waals surface area contributed by atoms with Gasteiger partial charge in [-0.15, -0.1) is 0 Å². The first-order valence-electron chi connectivity index (χ1n) is 6.68. The van der Waals surface area contributed by atoms with Crippen LogP contribution in [0, 0.1) is 0 Å². The predicted molar refractivity (Wildman–Crippen MR) is 84.0 cm³/mol. The largest absolute Gasteiger partial charge is 0.289 e. The van der Waals surface area contributed by atoms with Crippen molar-refractivity contribution in [2.24, 2.45) is 5.11 Å². The lowest BCUT2D eigenvalue weighted by Crippen LogP contribution is -2.00. The number of hydrogen-bond donors (Lipinski definition) is 0. The smallest absolute Gasteiger partial charge is 0.193 e. The highest BCUT2D eigenvalue weighted by atomic mass is 16.1. The number of ketones is 1. The molecule has 0 spiro atoms. The Hall–Kier alpha value is -2.84. The molecule has 0 aliphatic carbocycles. The van der Waals surface area contributed by atoms with E-state index in [9.17, 15) is 4.79 Å². The van der Waals surface area contributed by atoms with E-state index in [1.807, 2.05) is 66.7 Å². The van der Waals surface area contributed by atoms with Gasteiger partial charge in [0.2, 0.25) is 0 Å². The molecule has 0 saturated carbocycles. The van der Waals surface area contributed by atoms with Crippen LogP contribution in [0.2, 0.25) is 0 Å². The third-order valence-corrected chi connectivity index (χ3v) is 2.98. The summed E-state index contributed by atoms with van der Waals surface area (Å²) in [5, 5.41) is 3.46. The van der Waals surface area contributed by atoms with Crippen molar-refractivity contribution in [3.05, 3.63) is 87.8 Å². The zero-order chi connectivity index (χ0) is 14.9. The molecule has 2 aromatic rings. The second-order valence-electron chi connectivity index (χ2n) is 4.46. The lowest BCUT2D eigenvalue weighted by atomic mass is 10.0. The van der Waals surface area contributed by atoms with Crippen molar-refractivity contribution in [3.8, 4) is 0 Å². The van der Waals surface area contributed by atoms with Gasteiger partial charge in [-0.1, -0.05) is 71.9 Å². The Morgan fingerprint density at radius 2 is 1.71 bits per heavy atom. The van der Waals surface area contributed by atoms with Crippen LogP contribution < -0.4 is 0 Å². The highest BCUT2D eigenvalue weighted by Gasteiger charge is 2.07. The van der Waals surface area contributed by atoms with Gasteiger partial charge in [0.15, 0.2) is 5.78 Å². The Morgan fingerprint density at radius 3 is 2.38 bits per heavy atom. The first-order chi connectivity index (χ1) is 10.3. The normalized spacial score (nSPS) is 10.3. The van der Waals surface area contributed by atoms with Crippen molar-refractivity contribution in [2.75, 3.05) is 6.54 Å². The quantitative estimate of drug-likeness (QED) is 0.249. The van der Waals surface area contributed by atoms with Crippen molar-refractivity contribution < 1.29 is 4.79 Å². The Bertz CT molecular complexity index is 669. The molecule has 104 valence electrons. The van der Waals surface area contributed by atoms with Crippen LogP contribution >= 0.6 is 0 Å². The van der Waals surface area contributed by atoms with Gasteiger partial charge in [0, 0.05) is 22.6 Å². The maximum atomic E-state index is 12.2. The molecule has 0 radical (unpaired) electrons. The summed E-state index contributed by atoms with van der Waals surface area (Å²) in [6.45, 7) is 0.456. The van der Waals surface area contributed by atoms with E-state index in [1.54, 1.807) is 0 Å². The predicted octanol–water partition coefficient (Wildman–Crippen LogP) is 4.63. The first-order valence-corrected chi connectivity index (χ1v) is 6.68. The summed E-state index contributed by atoms with van der Waals surface area (Å²) in [7, 11) is 0. The monoisotopic (exact) mass is 277 g/mol. The molecule has 0 aliphatic heterocycles. The molecule has 2 rings (SSSR count). The lowest BCUT2D eigenvalue weighted by molar-refractivity contribution is 0.103. The van der Waals surface area contributed by atoms with E-state index in [4.69, 9.17) is 5.53 Å². The maximum Gasteiger partial charge on any atom is 0.193 e. The molecule has 0 heterocycles. The zero-order valence-corrected chi connectivity index (χ0v) is 11.5. The van der Waals surface area contributed by atoms with Crippen LogP contribution in [0.25, 0.3) is 16.5 Å². The van der Waals surface area contributed by atoms with Crippen molar-refractivity contribution in [3.63, 3.8) is 0 Å². The molecule has 0 fully saturated rings. The fraction of sp³-hybridized carbons (Fsp3) is 0.118. The highest BCUT2D eigenvalue weighted by Crippen LogP contribution is 2.12. The Morgan fingerprint density at radius 1 is 1.05 bits per heavy atom. The van der Waals surface area contributed by atoms with E-state index >= 15 is 0 Å². The number of carbonyl (C=O) groups is 1. The van der Waals surface area contributed by atoms with Crippen molar-refractivity contribution in [1.82, 2.24) is 0 Å². The second-order valence-corrected chi connectivity index (χ2v) is 4.46. The minimum absolute atomic E-state index is 0.0227. The molecule has 0 amide bonds. The van der Waals surface area contributed by atoms with E-state index < -0.39 is 0 Å². The Kier molecular flexibility index (Phi) is 5.33. The van der Waals surface area contributed by atoms with E-state index in [1.165, 1.54) is 0 Å². The summed E-state index contributed by atoms with van der Waals surface area (Å²) in [4.78, 5) is 14.9. The van der Waals surface area contributed by atoms with Gasteiger partial charge in [-0.25, -0.2) is 0 Å². The number of rotatable bonds is 6. The molecular formula is C17H15N3O. The number of hydrogen-bond acceptors (Lipinski definition) is 2. The number of nitrogens with zero attached hydrogens (tertiary/aromatic N) is 3. The van der Waals surface area contributed by atoms with Gasteiger partial charge in [0.25, 0.3) is 0 Å². The number of benzene rings is 2. The van der Waals surface area contributed by atoms with Gasteiger partial charge in [-0.2, -0.15) is 0 Å². The zero-order valence-electron chi connectivity index (χ0n) is 11.5. The fourth-order valence-corrected chi connectivity index (χ4v) is 1.90. The van der Waals surface area contributed by atoms with Crippen LogP contribution in [0.3, 0.4) is 0 Å². The van der Waals surface area contributed by atoms with Gasteiger partial charge in [0.1, 0.15) is 0 Å². The average molecular weight is 277 g/mol. The van der Waals surface area contributed by atoms with E-state index in [2.05, 4.69) is 10.0 Å². The molecule has 21 heavy (non-hydrogen) atoms. The standard InChI is InChI=1S/C17H15N3O/c18-20-19-13-5-4-6-14-9-11-16(12-10-14)17(21)15-7-2-1-3-8-15/h1-4,6-12H,5,13H2. The molecular weight excluding hydrogens is 262 g/mol. The minimum Gasteiger partial charge on any atom is -0.289 e. The van der Waals surface area contributed by atoms with Crippen LogP contribution in [0.15, 0.2) is 65.8 Å². The van der Waals surface area contributed by atoms with E-state index in [0.717, 1.165) is 5.56 Å². The van der Waals surface area contributed by atoms with E-state index in [-0.39, 0.29) is 5.78 Å². The molecule has 0 atom stereocenters. The summed E-state index contributed by atoms with van der Waals surface area (Å²) in [5.41, 5.74) is 10.5. The van der Waals surface area contributed by atoms with Crippen molar-refractivity contribution in [2.45, 2.75) is 6.42 Å². The molecule has 0 unspecified atom stereocenters. The first kappa shape index (κ1) is 14.6. The molecule has 4 heteroatoms. The third kappa shape index (κ3) is 4.34. The minimum atomic E-state index is 0.0227. The third-order valence-electron chi connectivity index (χ3n) is 2.98. The Labute approximate surface area is 123 Å². The van der Waals surface area contributed by atoms with Crippen LogP contribution in [-0.2, 0) is 0 Å². The summed E-state index contributed by atoms with van der Waals surface area (Å²) in [6.07, 6.45) is 4.60. The summed E-state index contributed by atoms with van der Waals surface area (Å²) < 4.78 is 0. The molecule has 0 bridgehead atoms. The number of azide groups is 1.